The molecule has 0 aliphatic rings. The maximum Gasteiger partial charge on any atom is 0.292 e. The lowest BCUT2D eigenvalue weighted by molar-refractivity contribution is -0.384. The van der Waals surface area contributed by atoms with Gasteiger partial charge in [-0.2, -0.15) is 0 Å². The molecule has 0 unspecified atom stereocenters. The minimum Gasteiger partial charge on any atom is -0.376 e. The second-order valence-corrected chi connectivity index (χ2v) is 5.59. The van der Waals surface area contributed by atoms with Crippen molar-refractivity contribution in [3.8, 4) is 0 Å². The van der Waals surface area contributed by atoms with Crippen LogP contribution in [0.4, 0.5) is 11.4 Å². The third-order valence-electron chi connectivity index (χ3n) is 3.81. The van der Waals surface area contributed by atoms with E-state index in [9.17, 15) is 10.1 Å². The minimum absolute atomic E-state index is 0.00829. The van der Waals surface area contributed by atoms with Gasteiger partial charge >= 0.3 is 0 Å². The first-order chi connectivity index (χ1) is 11.7. The summed E-state index contributed by atoms with van der Waals surface area (Å²) in [4.78, 5) is 18.0. The molecular formula is C18H18N4O2. The number of nitro benzene ring substituents is 1. The second-order valence-electron chi connectivity index (χ2n) is 5.59. The zero-order valence-electron chi connectivity index (χ0n) is 13.1. The normalized spacial score (nSPS) is 11.8. The van der Waals surface area contributed by atoms with E-state index in [0.717, 1.165) is 12.1 Å². The van der Waals surface area contributed by atoms with Gasteiger partial charge in [-0.15, -0.1) is 0 Å². The standard InChI is InChI=1S/C18H18N4O2/c23-22(24)18-9-5-4-8-17(18)21-15(11-16-12-19-13-20-16)10-14-6-2-1-3-7-14/h1-9,12-13,15,21H,10-11H2,(H,19,20)/t15-/m1/s1. The second kappa shape index (κ2) is 7.41. The number of H-pyrrole nitrogens is 1. The van der Waals surface area contributed by atoms with Crippen LogP contribution in [-0.4, -0.2) is 20.9 Å². The molecule has 0 saturated heterocycles. The van der Waals surface area contributed by atoms with Crippen LogP contribution in [0.25, 0.3) is 0 Å². The van der Waals surface area contributed by atoms with E-state index in [-0.39, 0.29) is 16.7 Å². The number of benzene rings is 2. The molecule has 0 aliphatic carbocycles. The molecule has 3 aromatic rings. The molecule has 2 aromatic carbocycles. The lowest BCUT2D eigenvalue weighted by Crippen LogP contribution is -2.25. The fourth-order valence-electron chi connectivity index (χ4n) is 2.71. The fraction of sp³-hybridized carbons (Fsp3) is 0.167. The van der Waals surface area contributed by atoms with Crippen molar-refractivity contribution >= 4 is 11.4 Å². The van der Waals surface area contributed by atoms with Gasteiger partial charge < -0.3 is 10.3 Å². The summed E-state index contributed by atoms with van der Waals surface area (Å²) in [6.07, 6.45) is 4.87. The lowest BCUT2D eigenvalue weighted by Gasteiger charge is -2.19. The molecule has 6 heteroatoms. The maximum absolute atomic E-state index is 11.2. The van der Waals surface area contributed by atoms with Crippen LogP contribution in [0.15, 0.2) is 67.1 Å². The van der Waals surface area contributed by atoms with Crippen molar-refractivity contribution in [2.45, 2.75) is 18.9 Å². The Morgan fingerprint density at radius 2 is 1.83 bits per heavy atom. The molecule has 24 heavy (non-hydrogen) atoms. The number of rotatable bonds is 7. The molecule has 3 rings (SSSR count). The number of aromatic nitrogens is 2. The highest BCUT2D eigenvalue weighted by Gasteiger charge is 2.17. The summed E-state index contributed by atoms with van der Waals surface area (Å²) in [5.74, 6) is 0. The summed E-state index contributed by atoms with van der Waals surface area (Å²) in [6, 6.07) is 16.8. The van der Waals surface area contributed by atoms with Crippen molar-refractivity contribution < 1.29 is 4.92 Å². The minimum atomic E-state index is -0.363. The van der Waals surface area contributed by atoms with Crippen molar-refractivity contribution in [2.24, 2.45) is 0 Å². The summed E-state index contributed by atoms with van der Waals surface area (Å²) in [7, 11) is 0. The van der Waals surface area contributed by atoms with Crippen LogP contribution >= 0.6 is 0 Å². The first kappa shape index (κ1) is 15.7. The first-order valence-corrected chi connectivity index (χ1v) is 7.73. The van der Waals surface area contributed by atoms with Crippen LogP contribution in [0, 0.1) is 10.1 Å². The SMILES string of the molecule is O=[N+]([O-])c1ccccc1N[C@H](Cc1ccccc1)Cc1cnc[nH]1. The zero-order valence-corrected chi connectivity index (χ0v) is 13.1. The van der Waals surface area contributed by atoms with E-state index in [1.54, 1.807) is 30.7 Å². The fourth-order valence-corrected chi connectivity index (χ4v) is 2.71. The Bertz CT molecular complexity index is 788. The van der Waals surface area contributed by atoms with Crippen molar-refractivity contribution in [3.63, 3.8) is 0 Å². The average Bonchev–Trinajstić information content (AvgIpc) is 3.09. The number of hydrogen-bond donors (Lipinski definition) is 2. The molecular weight excluding hydrogens is 304 g/mol. The Morgan fingerprint density at radius 1 is 1.08 bits per heavy atom. The van der Waals surface area contributed by atoms with Gasteiger partial charge in [-0.1, -0.05) is 42.5 Å². The zero-order chi connectivity index (χ0) is 16.8. The Hall–Kier alpha value is -3.15. The maximum atomic E-state index is 11.2. The van der Waals surface area contributed by atoms with E-state index in [4.69, 9.17) is 0 Å². The predicted octanol–water partition coefficient (Wildman–Crippen LogP) is 3.58. The molecule has 1 aromatic heterocycles. The van der Waals surface area contributed by atoms with Gasteiger partial charge in [-0.05, 0) is 18.1 Å². The average molecular weight is 322 g/mol. The number of nitrogens with one attached hydrogen (secondary N) is 2. The summed E-state index contributed by atoms with van der Waals surface area (Å²) in [5, 5.41) is 14.6. The van der Waals surface area contributed by atoms with E-state index in [0.29, 0.717) is 12.1 Å². The quantitative estimate of drug-likeness (QED) is 0.514. The van der Waals surface area contributed by atoms with E-state index in [2.05, 4.69) is 27.4 Å². The van der Waals surface area contributed by atoms with Crippen LogP contribution in [-0.2, 0) is 12.8 Å². The summed E-state index contributed by atoms with van der Waals surface area (Å²) in [5.41, 5.74) is 2.78. The van der Waals surface area contributed by atoms with E-state index >= 15 is 0 Å². The molecule has 2 N–H and O–H groups in total. The first-order valence-electron chi connectivity index (χ1n) is 7.73. The third-order valence-corrected chi connectivity index (χ3v) is 3.81. The van der Waals surface area contributed by atoms with Gasteiger partial charge in [0.25, 0.3) is 5.69 Å². The molecule has 0 saturated carbocycles. The van der Waals surface area contributed by atoms with Crippen LogP contribution in [0.2, 0.25) is 0 Å². The number of nitrogens with zero attached hydrogens (tertiary/aromatic N) is 2. The Balaban J connectivity index is 1.83. The number of imidazole rings is 1. The van der Waals surface area contributed by atoms with E-state index in [1.165, 1.54) is 11.6 Å². The smallest absolute Gasteiger partial charge is 0.292 e. The van der Waals surface area contributed by atoms with Gasteiger partial charge in [0.2, 0.25) is 0 Å². The topological polar surface area (TPSA) is 83.8 Å². The number of aromatic amines is 1. The number of anilines is 1. The number of nitro groups is 1. The summed E-state index contributed by atoms with van der Waals surface area (Å²) in [6.45, 7) is 0. The molecule has 122 valence electrons. The highest BCUT2D eigenvalue weighted by atomic mass is 16.6. The molecule has 1 heterocycles. The molecule has 0 fully saturated rings. The molecule has 0 aliphatic heterocycles. The Labute approximate surface area is 139 Å². The molecule has 0 bridgehead atoms. The number of para-hydroxylation sites is 2. The van der Waals surface area contributed by atoms with Crippen LogP contribution in [0.1, 0.15) is 11.3 Å². The monoisotopic (exact) mass is 322 g/mol. The predicted molar refractivity (Wildman–Crippen MR) is 92.9 cm³/mol. The van der Waals surface area contributed by atoms with Crippen molar-refractivity contribution in [3.05, 3.63) is 88.5 Å². The third kappa shape index (κ3) is 3.98. The van der Waals surface area contributed by atoms with Crippen LogP contribution < -0.4 is 5.32 Å². The van der Waals surface area contributed by atoms with E-state index in [1.807, 2.05) is 18.2 Å². The highest BCUT2D eigenvalue weighted by Crippen LogP contribution is 2.25. The molecule has 0 amide bonds. The van der Waals surface area contributed by atoms with Gasteiger partial charge in [-0.25, -0.2) is 4.98 Å². The van der Waals surface area contributed by atoms with Crippen LogP contribution in [0.5, 0.6) is 0 Å². The van der Waals surface area contributed by atoms with Gasteiger partial charge in [0.15, 0.2) is 0 Å². The van der Waals surface area contributed by atoms with Crippen molar-refractivity contribution in [1.82, 2.24) is 9.97 Å². The van der Waals surface area contributed by atoms with Gasteiger partial charge in [0.05, 0.1) is 11.3 Å². The molecule has 0 radical (unpaired) electrons. The highest BCUT2D eigenvalue weighted by molar-refractivity contribution is 5.61. The summed E-state index contributed by atoms with van der Waals surface area (Å²) >= 11 is 0. The molecule has 6 nitrogen and oxygen atoms in total. The van der Waals surface area contributed by atoms with Crippen LogP contribution in [0.3, 0.4) is 0 Å². The van der Waals surface area contributed by atoms with E-state index < -0.39 is 0 Å². The summed E-state index contributed by atoms with van der Waals surface area (Å²) < 4.78 is 0. The van der Waals surface area contributed by atoms with Gasteiger partial charge in [-0.3, -0.25) is 10.1 Å². The lowest BCUT2D eigenvalue weighted by atomic mass is 10.0. The van der Waals surface area contributed by atoms with Crippen molar-refractivity contribution in [1.29, 1.82) is 0 Å². The Morgan fingerprint density at radius 3 is 2.54 bits per heavy atom. The number of hydrogen-bond acceptors (Lipinski definition) is 4. The van der Waals surface area contributed by atoms with Gasteiger partial charge in [0.1, 0.15) is 5.69 Å². The largest absolute Gasteiger partial charge is 0.376 e. The van der Waals surface area contributed by atoms with Gasteiger partial charge in [0, 0.05) is 30.4 Å². The van der Waals surface area contributed by atoms with Crippen molar-refractivity contribution in [2.75, 3.05) is 5.32 Å². The Kier molecular flexibility index (Phi) is 4.86. The molecule has 1 atom stereocenters. The molecule has 0 spiro atoms.